The number of rotatable bonds is 3. The predicted octanol–water partition coefficient (Wildman–Crippen LogP) is 8.56. The van der Waals surface area contributed by atoms with E-state index >= 15 is 0 Å². The minimum absolute atomic E-state index is 0.0628. The van der Waals surface area contributed by atoms with E-state index in [4.69, 9.17) is 4.98 Å². The van der Waals surface area contributed by atoms with Crippen LogP contribution >= 0.6 is 0 Å². The summed E-state index contributed by atoms with van der Waals surface area (Å²) in [6.07, 6.45) is 0. The maximum absolute atomic E-state index is 13.7. The van der Waals surface area contributed by atoms with Crippen LogP contribution in [0.15, 0.2) is 150 Å². The van der Waals surface area contributed by atoms with E-state index in [1.165, 1.54) is 16.5 Å². The Balaban J connectivity index is 1.30. The Labute approximate surface area is 246 Å². The van der Waals surface area contributed by atoms with Crippen molar-refractivity contribution in [3.63, 3.8) is 0 Å². The summed E-state index contributed by atoms with van der Waals surface area (Å²) in [5.41, 5.74) is 9.11. The van der Waals surface area contributed by atoms with Crippen LogP contribution in [-0.4, -0.2) is 18.5 Å². The molecule has 0 N–H and O–H groups in total. The average Bonchev–Trinajstić information content (AvgIpc) is 3.58. The molecule has 3 heterocycles. The number of para-hydroxylation sites is 4. The molecule has 43 heavy (non-hydrogen) atoms. The molecule has 0 aliphatic carbocycles. The van der Waals surface area contributed by atoms with Crippen molar-refractivity contribution in [2.45, 2.75) is 0 Å². The number of fused-ring (bicyclic) bond motifs is 7. The molecule has 0 amide bonds. The Morgan fingerprint density at radius 3 is 1.86 bits per heavy atom. The molecule has 0 spiro atoms. The molecule has 6 aromatic carbocycles. The molecule has 0 aliphatic rings. The van der Waals surface area contributed by atoms with Gasteiger partial charge in [-0.1, -0.05) is 84.9 Å². The van der Waals surface area contributed by atoms with Crippen molar-refractivity contribution >= 4 is 49.5 Å². The van der Waals surface area contributed by atoms with Gasteiger partial charge in [0.05, 0.1) is 33.0 Å². The van der Waals surface area contributed by atoms with Crippen molar-refractivity contribution in [1.29, 1.82) is 0 Å². The topological polar surface area (TPSA) is 44.2 Å². The number of hydrogen-bond acceptors (Lipinski definition) is 2. The molecule has 0 aliphatic heterocycles. The Morgan fingerprint density at radius 1 is 0.442 bits per heavy atom. The third kappa shape index (κ3) is 3.45. The minimum Gasteiger partial charge on any atom is -0.309 e. The zero-order valence-corrected chi connectivity index (χ0v) is 23.1. The number of nitrogens with zero attached hydrogens (tertiary/aromatic N) is 4. The van der Waals surface area contributed by atoms with E-state index in [1.807, 2.05) is 48.5 Å². The highest BCUT2D eigenvalue weighted by Gasteiger charge is 2.19. The summed E-state index contributed by atoms with van der Waals surface area (Å²) in [4.78, 5) is 18.7. The van der Waals surface area contributed by atoms with Crippen LogP contribution in [0.5, 0.6) is 0 Å². The van der Waals surface area contributed by atoms with Gasteiger partial charge in [0, 0.05) is 22.1 Å². The third-order valence-corrected chi connectivity index (χ3v) is 8.47. The molecule has 0 fully saturated rings. The fourth-order valence-corrected chi connectivity index (χ4v) is 6.50. The second kappa shape index (κ2) is 9.03. The lowest BCUT2D eigenvalue weighted by Crippen LogP contribution is -2.15. The molecule has 0 saturated heterocycles. The average molecular weight is 553 g/mol. The first-order chi connectivity index (χ1) is 21.3. The summed E-state index contributed by atoms with van der Waals surface area (Å²) in [7, 11) is 0. The number of hydrogen-bond donors (Lipinski definition) is 0. The maximum atomic E-state index is 13.7. The largest absolute Gasteiger partial charge is 0.309 e. The second-order valence-electron chi connectivity index (χ2n) is 10.9. The van der Waals surface area contributed by atoms with Crippen molar-refractivity contribution in [2.24, 2.45) is 0 Å². The fourth-order valence-electron chi connectivity index (χ4n) is 6.50. The molecular formula is C38H24N4O. The molecule has 0 radical (unpaired) electrons. The number of imidazole rings is 1. The molecule has 0 bridgehead atoms. The molecule has 0 unspecified atom stereocenters. The van der Waals surface area contributed by atoms with Gasteiger partial charge in [0.2, 0.25) is 5.78 Å². The summed E-state index contributed by atoms with van der Waals surface area (Å²) in [5.74, 6) is 0.601. The van der Waals surface area contributed by atoms with Gasteiger partial charge < -0.3 is 4.57 Å². The zero-order chi connectivity index (χ0) is 28.5. The molecule has 9 rings (SSSR count). The summed E-state index contributed by atoms with van der Waals surface area (Å²) in [6.45, 7) is 0. The molecule has 3 aromatic heterocycles. The minimum atomic E-state index is -0.0628. The van der Waals surface area contributed by atoms with Crippen LogP contribution in [0.3, 0.4) is 0 Å². The molecular weight excluding hydrogens is 528 g/mol. The Kier molecular flexibility index (Phi) is 4.98. The highest BCUT2D eigenvalue weighted by atomic mass is 16.1. The van der Waals surface area contributed by atoms with Crippen LogP contribution in [0, 0.1) is 0 Å². The molecule has 202 valence electrons. The van der Waals surface area contributed by atoms with Gasteiger partial charge in [0.15, 0.2) is 0 Å². The zero-order valence-electron chi connectivity index (χ0n) is 23.1. The van der Waals surface area contributed by atoms with E-state index in [1.54, 1.807) is 4.40 Å². The van der Waals surface area contributed by atoms with E-state index in [-0.39, 0.29) is 5.56 Å². The van der Waals surface area contributed by atoms with Gasteiger partial charge in [-0.2, -0.15) is 0 Å². The highest BCUT2D eigenvalue weighted by molar-refractivity contribution is 6.10. The van der Waals surface area contributed by atoms with Gasteiger partial charge in [-0.3, -0.25) is 9.36 Å². The lowest BCUT2D eigenvalue weighted by atomic mass is 10.1. The van der Waals surface area contributed by atoms with Crippen LogP contribution in [0.4, 0.5) is 0 Å². The summed E-state index contributed by atoms with van der Waals surface area (Å²) >= 11 is 0. The smallest absolute Gasteiger partial charge is 0.267 e. The van der Waals surface area contributed by atoms with Gasteiger partial charge >= 0.3 is 0 Å². The van der Waals surface area contributed by atoms with Gasteiger partial charge in [-0.25, -0.2) is 9.38 Å². The van der Waals surface area contributed by atoms with Crippen LogP contribution in [-0.2, 0) is 0 Å². The van der Waals surface area contributed by atoms with Crippen LogP contribution < -0.4 is 5.56 Å². The molecule has 0 atom stereocenters. The monoisotopic (exact) mass is 552 g/mol. The van der Waals surface area contributed by atoms with E-state index in [2.05, 4.69) is 106 Å². The quantitative estimate of drug-likeness (QED) is 0.220. The SMILES string of the molecule is O=c1c2ccccc2nc2n(-c3ccc4c(c3)c3ccccc3n4-c3ccc(-c4ccccc4)cc3)c3ccccc3n12. The normalized spacial score (nSPS) is 11.8. The van der Waals surface area contributed by atoms with E-state index in [9.17, 15) is 4.79 Å². The summed E-state index contributed by atoms with van der Waals surface area (Å²) < 4.78 is 6.16. The van der Waals surface area contributed by atoms with Crippen molar-refractivity contribution in [2.75, 3.05) is 0 Å². The van der Waals surface area contributed by atoms with Gasteiger partial charge in [-0.15, -0.1) is 0 Å². The molecule has 9 aromatic rings. The fraction of sp³-hybridized carbons (Fsp3) is 0. The highest BCUT2D eigenvalue weighted by Crippen LogP contribution is 2.35. The summed E-state index contributed by atoms with van der Waals surface area (Å²) in [5, 5.41) is 2.92. The molecule has 0 saturated carbocycles. The lowest BCUT2D eigenvalue weighted by Gasteiger charge is -2.10. The van der Waals surface area contributed by atoms with Gasteiger partial charge in [-0.05, 0) is 71.8 Å². The van der Waals surface area contributed by atoms with Crippen molar-refractivity contribution in [3.8, 4) is 22.5 Å². The summed E-state index contributed by atoms with van der Waals surface area (Å²) in [6, 6.07) is 49.8. The Bertz CT molecular complexity index is 2570. The van der Waals surface area contributed by atoms with Crippen LogP contribution in [0.2, 0.25) is 0 Å². The van der Waals surface area contributed by atoms with E-state index < -0.39 is 0 Å². The first kappa shape index (κ1) is 23.7. The first-order valence-corrected chi connectivity index (χ1v) is 14.4. The number of aromatic nitrogens is 4. The van der Waals surface area contributed by atoms with Crippen LogP contribution in [0.25, 0.3) is 72.0 Å². The second-order valence-corrected chi connectivity index (χ2v) is 10.9. The maximum Gasteiger partial charge on any atom is 0.267 e. The van der Waals surface area contributed by atoms with E-state index in [0.29, 0.717) is 16.7 Å². The standard InChI is InChI=1S/C38H24N4O/c43-37-30-13-4-6-14-32(30)39-38-41(35-16-8-9-17-36(35)42(37)38)28-22-23-34-31(24-28)29-12-5-7-15-33(29)40(34)27-20-18-26(19-21-27)25-10-2-1-3-11-25/h1-24H. The molecule has 5 nitrogen and oxygen atoms in total. The van der Waals surface area contributed by atoms with Crippen molar-refractivity contribution in [1.82, 2.24) is 18.5 Å². The van der Waals surface area contributed by atoms with Gasteiger partial charge in [0.25, 0.3) is 5.56 Å². The van der Waals surface area contributed by atoms with E-state index in [0.717, 1.165) is 38.8 Å². The Morgan fingerprint density at radius 2 is 1.05 bits per heavy atom. The predicted molar refractivity (Wildman–Crippen MR) is 176 cm³/mol. The lowest BCUT2D eigenvalue weighted by molar-refractivity contribution is 1.05. The Hall–Kier alpha value is -5.94. The number of benzene rings is 6. The first-order valence-electron chi connectivity index (χ1n) is 14.4. The van der Waals surface area contributed by atoms with Gasteiger partial charge in [0.1, 0.15) is 0 Å². The third-order valence-electron chi connectivity index (χ3n) is 8.47. The van der Waals surface area contributed by atoms with Crippen molar-refractivity contribution in [3.05, 3.63) is 156 Å². The van der Waals surface area contributed by atoms with Crippen LogP contribution in [0.1, 0.15) is 0 Å². The molecule has 5 heteroatoms. The van der Waals surface area contributed by atoms with Crippen molar-refractivity contribution < 1.29 is 0 Å².